The summed E-state index contributed by atoms with van der Waals surface area (Å²) in [5.74, 6) is 2.84. The molecule has 134 valence electrons. The lowest BCUT2D eigenvalue weighted by atomic mass is 9.80. The minimum atomic E-state index is -0.482. The maximum absolute atomic E-state index is 11.9. The number of hydrogen-bond donors (Lipinski definition) is 1. The van der Waals surface area contributed by atoms with Gasteiger partial charge in [0.25, 0.3) is 0 Å². The molecule has 0 aliphatic heterocycles. The third kappa shape index (κ3) is 7.24. The van der Waals surface area contributed by atoms with E-state index in [1.165, 1.54) is 38.5 Å². The van der Waals surface area contributed by atoms with Crippen LogP contribution in [0.15, 0.2) is 0 Å². The Morgan fingerprint density at radius 1 is 0.957 bits per heavy atom. The zero-order valence-corrected chi connectivity index (χ0v) is 15.1. The van der Waals surface area contributed by atoms with Crippen LogP contribution in [0.5, 0.6) is 0 Å². The molecule has 2 rings (SSSR count). The summed E-state index contributed by atoms with van der Waals surface area (Å²) in [4.78, 5) is 11.9. The monoisotopic (exact) mass is 324 g/mol. The first-order valence-corrected chi connectivity index (χ1v) is 9.86. The number of aliphatic hydroxyl groups excluding tert-OH is 1. The van der Waals surface area contributed by atoms with Gasteiger partial charge in [-0.2, -0.15) is 0 Å². The molecular weight excluding hydrogens is 288 g/mol. The van der Waals surface area contributed by atoms with Crippen LogP contribution in [0.3, 0.4) is 0 Å². The molecule has 1 unspecified atom stereocenters. The van der Waals surface area contributed by atoms with E-state index in [2.05, 4.69) is 13.8 Å². The van der Waals surface area contributed by atoms with Crippen LogP contribution in [0, 0.1) is 23.7 Å². The Labute approximate surface area is 142 Å². The first kappa shape index (κ1) is 18.8. The second-order valence-corrected chi connectivity index (χ2v) is 8.37. The van der Waals surface area contributed by atoms with Crippen LogP contribution in [-0.4, -0.2) is 23.8 Å². The molecule has 2 aliphatic carbocycles. The average molecular weight is 325 g/mol. The van der Waals surface area contributed by atoms with Crippen LogP contribution in [0.2, 0.25) is 0 Å². The Kier molecular flexibility index (Phi) is 7.88. The summed E-state index contributed by atoms with van der Waals surface area (Å²) in [7, 11) is 0. The van der Waals surface area contributed by atoms with Gasteiger partial charge in [-0.15, -0.1) is 0 Å². The van der Waals surface area contributed by atoms with Gasteiger partial charge in [0.05, 0.1) is 6.10 Å². The molecule has 2 fully saturated rings. The third-order valence-electron chi connectivity index (χ3n) is 6.07. The van der Waals surface area contributed by atoms with Crippen molar-refractivity contribution in [3.05, 3.63) is 0 Å². The summed E-state index contributed by atoms with van der Waals surface area (Å²) in [5.41, 5.74) is 0. The smallest absolute Gasteiger partial charge is 0.306 e. The van der Waals surface area contributed by atoms with Gasteiger partial charge >= 0.3 is 5.97 Å². The number of esters is 1. The van der Waals surface area contributed by atoms with Crippen molar-refractivity contribution in [2.75, 3.05) is 6.61 Å². The highest BCUT2D eigenvalue weighted by molar-refractivity contribution is 5.69. The summed E-state index contributed by atoms with van der Waals surface area (Å²) < 4.78 is 5.30. The van der Waals surface area contributed by atoms with E-state index in [0.29, 0.717) is 12.3 Å². The number of hydrogen-bond acceptors (Lipinski definition) is 3. The van der Waals surface area contributed by atoms with Crippen molar-refractivity contribution in [3.63, 3.8) is 0 Å². The summed E-state index contributed by atoms with van der Waals surface area (Å²) in [6, 6.07) is 0. The fraction of sp³-hybridized carbons (Fsp3) is 0.950. The highest BCUT2D eigenvalue weighted by Gasteiger charge is 2.22. The zero-order valence-electron chi connectivity index (χ0n) is 15.1. The Bertz CT molecular complexity index is 339. The summed E-state index contributed by atoms with van der Waals surface area (Å²) in [6.07, 6.45) is 11.9. The maximum Gasteiger partial charge on any atom is 0.306 e. The van der Waals surface area contributed by atoms with E-state index in [1.807, 2.05) is 0 Å². The SMILES string of the molecule is CC1CCC(CCC(O)COC(=O)CC2CCC(C)CC2)CC1. The van der Waals surface area contributed by atoms with Crippen molar-refractivity contribution in [2.24, 2.45) is 23.7 Å². The number of aliphatic hydroxyl groups is 1. The first-order chi connectivity index (χ1) is 11.0. The molecule has 0 heterocycles. The zero-order chi connectivity index (χ0) is 16.7. The standard InChI is InChI=1S/C20H36O3/c1-15-3-7-17(8-4-15)11-12-19(21)14-23-20(22)13-18-9-5-16(2)6-10-18/h15-19,21H,3-14H2,1-2H3. The van der Waals surface area contributed by atoms with E-state index in [4.69, 9.17) is 4.74 Å². The van der Waals surface area contributed by atoms with Crippen LogP contribution in [0.25, 0.3) is 0 Å². The van der Waals surface area contributed by atoms with Gasteiger partial charge in [-0.25, -0.2) is 0 Å². The lowest BCUT2D eigenvalue weighted by Gasteiger charge is -2.27. The second-order valence-electron chi connectivity index (χ2n) is 8.37. The maximum atomic E-state index is 11.9. The number of rotatable bonds is 7. The molecule has 2 saturated carbocycles. The van der Waals surface area contributed by atoms with Gasteiger partial charge in [0.1, 0.15) is 6.61 Å². The van der Waals surface area contributed by atoms with Crippen molar-refractivity contribution < 1.29 is 14.6 Å². The molecule has 1 N–H and O–H groups in total. The van der Waals surface area contributed by atoms with Crippen LogP contribution < -0.4 is 0 Å². The van der Waals surface area contributed by atoms with Crippen molar-refractivity contribution in [2.45, 2.75) is 90.6 Å². The van der Waals surface area contributed by atoms with Gasteiger partial charge in [-0.3, -0.25) is 4.79 Å². The minimum Gasteiger partial charge on any atom is -0.463 e. The van der Waals surface area contributed by atoms with Gasteiger partial charge in [0, 0.05) is 6.42 Å². The molecule has 3 nitrogen and oxygen atoms in total. The molecule has 0 saturated heterocycles. The largest absolute Gasteiger partial charge is 0.463 e. The molecular formula is C20H36O3. The molecule has 0 radical (unpaired) electrons. The van der Waals surface area contributed by atoms with E-state index in [9.17, 15) is 9.90 Å². The third-order valence-corrected chi connectivity index (χ3v) is 6.07. The van der Waals surface area contributed by atoms with Crippen molar-refractivity contribution in [3.8, 4) is 0 Å². The normalized spacial score (nSPS) is 33.2. The van der Waals surface area contributed by atoms with Crippen LogP contribution >= 0.6 is 0 Å². The Morgan fingerprint density at radius 3 is 2.04 bits per heavy atom. The first-order valence-electron chi connectivity index (χ1n) is 9.86. The molecule has 1 atom stereocenters. The van der Waals surface area contributed by atoms with Crippen molar-refractivity contribution >= 4 is 5.97 Å². The number of carbonyl (C=O) groups is 1. The summed E-state index contributed by atoms with van der Waals surface area (Å²) in [5, 5.41) is 10.0. The molecule has 0 spiro atoms. The number of ether oxygens (including phenoxy) is 1. The molecule has 0 amide bonds. The van der Waals surface area contributed by atoms with E-state index >= 15 is 0 Å². The Balaban J connectivity index is 1.53. The molecule has 0 bridgehead atoms. The van der Waals surface area contributed by atoms with Crippen LogP contribution in [0.1, 0.15) is 84.5 Å². The van der Waals surface area contributed by atoms with Crippen LogP contribution in [-0.2, 0) is 9.53 Å². The molecule has 0 aromatic carbocycles. The van der Waals surface area contributed by atoms with E-state index in [1.54, 1.807) is 0 Å². The molecule has 0 aromatic heterocycles. The fourth-order valence-electron chi connectivity index (χ4n) is 4.15. The lowest BCUT2D eigenvalue weighted by Crippen LogP contribution is -2.23. The average Bonchev–Trinajstić information content (AvgIpc) is 2.54. The van der Waals surface area contributed by atoms with Crippen LogP contribution in [0.4, 0.5) is 0 Å². The molecule has 3 heteroatoms. The molecule has 23 heavy (non-hydrogen) atoms. The number of carbonyl (C=O) groups excluding carboxylic acids is 1. The molecule has 0 aromatic rings. The van der Waals surface area contributed by atoms with E-state index < -0.39 is 6.10 Å². The minimum absolute atomic E-state index is 0.116. The topological polar surface area (TPSA) is 46.5 Å². The summed E-state index contributed by atoms with van der Waals surface area (Å²) in [6.45, 7) is 4.81. The Hall–Kier alpha value is -0.570. The van der Waals surface area contributed by atoms with Crippen molar-refractivity contribution in [1.82, 2.24) is 0 Å². The van der Waals surface area contributed by atoms with Crippen molar-refractivity contribution in [1.29, 1.82) is 0 Å². The van der Waals surface area contributed by atoms with Gasteiger partial charge < -0.3 is 9.84 Å². The predicted molar refractivity (Wildman–Crippen MR) is 93.1 cm³/mol. The summed E-state index contributed by atoms with van der Waals surface area (Å²) >= 11 is 0. The van der Waals surface area contributed by atoms with E-state index in [-0.39, 0.29) is 12.6 Å². The van der Waals surface area contributed by atoms with Gasteiger partial charge in [0.2, 0.25) is 0 Å². The predicted octanol–water partition coefficient (Wildman–Crippen LogP) is 4.71. The quantitative estimate of drug-likeness (QED) is 0.690. The van der Waals surface area contributed by atoms with Gasteiger partial charge in [-0.1, -0.05) is 52.4 Å². The molecule has 2 aliphatic rings. The second kappa shape index (κ2) is 9.66. The Morgan fingerprint density at radius 2 is 1.48 bits per heavy atom. The van der Waals surface area contributed by atoms with E-state index in [0.717, 1.165) is 43.4 Å². The highest BCUT2D eigenvalue weighted by atomic mass is 16.5. The highest BCUT2D eigenvalue weighted by Crippen LogP contribution is 2.32. The van der Waals surface area contributed by atoms with Gasteiger partial charge in [0.15, 0.2) is 0 Å². The fourth-order valence-corrected chi connectivity index (χ4v) is 4.15. The lowest BCUT2D eigenvalue weighted by molar-refractivity contribution is -0.148. The van der Waals surface area contributed by atoms with Gasteiger partial charge in [-0.05, 0) is 49.4 Å².